The van der Waals surface area contributed by atoms with Crippen LogP contribution in [0.1, 0.15) is 34.7 Å². The summed E-state index contributed by atoms with van der Waals surface area (Å²) >= 11 is 19.4. The van der Waals surface area contributed by atoms with E-state index in [1.165, 1.54) is 17.8 Å². The van der Waals surface area contributed by atoms with Crippen LogP contribution in [0.4, 0.5) is 0 Å². The van der Waals surface area contributed by atoms with E-state index < -0.39 is 5.97 Å². The van der Waals surface area contributed by atoms with Crippen molar-refractivity contribution in [3.63, 3.8) is 0 Å². The zero-order valence-electron chi connectivity index (χ0n) is 13.3. The molecule has 3 nitrogen and oxygen atoms in total. The standard InChI is InChI=1S/C19H13Cl3O3S/c20-11-2-4-18(16(7-11)19(24)25)26-14-6-10(5-13(23)9-14)15-3-1-12(21)8-17(15)22/h1-4,7-10H,5-6H2,(H,24,25). The summed E-state index contributed by atoms with van der Waals surface area (Å²) in [5, 5.41) is 10.8. The molecule has 0 amide bonds. The Bertz CT molecular complexity index is 924. The molecule has 1 atom stereocenters. The summed E-state index contributed by atoms with van der Waals surface area (Å²) in [6, 6.07) is 9.94. The first-order valence-electron chi connectivity index (χ1n) is 7.72. The number of carboxylic acids is 1. The highest BCUT2D eigenvalue weighted by Crippen LogP contribution is 2.42. The molecule has 0 saturated heterocycles. The molecule has 1 unspecified atom stereocenters. The van der Waals surface area contributed by atoms with Gasteiger partial charge in [0.15, 0.2) is 5.78 Å². The van der Waals surface area contributed by atoms with Gasteiger partial charge in [-0.15, -0.1) is 0 Å². The first kappa shape index (κ1) is 19.3. The summed E-state index contributed by atoms with van der Waals surface area (Å²) < 4.78 is 0. The van der Waals surface area contributed by atoms with Crippen molar-refractivity contribution in [1.82, 2.24) is 0 Å². The Morgan fingerprint density at radius 3 is 2.42 bits per heavy atom. The molecule has 3 rings (SSSR count). The molecule has 0 bridgehead atoms. The maximum atomic E-state index is 12.2. The highest BCUT2D eigenvalue weighted by Gasteiger charge is 2.25. The fourth-order valence-electron chi connectivity index (χ4n) is 2.88. The smallest absolute Gasteiger partial charge is 0.336 e. The van der Waals surface area contributed by atoms with Gasteiger partial charge in [-0.05, 0) is 59.2 Å². The van der Waals surface area contributed by atoms with Crippen molar-refractivity contribution in [1.29, 1.82) is 0 Å². The highest BCUT2D eigenvalue weighted by molar-refractivity contribution is 8.03. The monoisotopic (exact) mass is 426 g/mol. The van der Waals surface area contributed by atoms with Gasteiger partial charge in [-0.1, -0.05) is 52.6 Å². The van der Waals surface area contributed by atoms with Gasteiger partial charge in [0.05, 0.1) is 5.56 Å². The molecule has 1 aliphatic carbocycles. The van der Waals surface area contributed by atoms with Crippen LogP contribution >= 0.6 is 46.6 Å². The predicted molar refractivity (Wildman–Crippen MR) is 106 cm³/mol. The molecule has 0 aromatic heterocycles. The molecule has 1 N–H and O–H groups in total. The average molecular weight is 428 g/mol. The molecule has 0 radical (unpaired) electrons. The number of hydrogen-bond donors (Lipinski definition) is 1. The van der Waals surface area contributed by atoms with Gasteiger partial charge in [0.1, 0.15) is 0 Å². The Morgan fingerprint density at radius 2 is 1.73 bits per heavy atom. The van der Waals surface area contributed by atoms with Gasteiger partial charge in [-0.25, -0.2) is 4.79 Å². The van der Waals surface area contributed by atoms with Crippen LogP contribution in [0, 0.1) is 0 Å². The molecule has 2 aromatic carbocycles. The van der Waals surface area contributed by atoms with Gasteiger partial charge in [-0.3, -0.25) is 4.79 Å². The van der Waals surface area contributed by atoms with E-state index in [4.69, 9.17) is 34.8 Å². The number of halogens is 3. The lowest BCUT2D eigenvalue weighted by Crippen LogP contribution is -2.12. The molecule has 26 heavy (non-hydrogen) atoms. The summed E-state index contributed by atoms with van der Waals surface area (Å²) in [7, 11) is 0. The third-order valence-corrected chi connectivity index (χ3v) is 5.95. The molecule has 1 aliphatic rings. The first-order valence-corrected chi connectivity index (χ1v) is 9.67. The lowest BCUT2D eigenvalue weighted by atomic mass is 9.87. The van der Waals surface area contributed by atoms with Crippen LogP contribution in [0.25, 0.3) is 0 Å². The van der Waals surface area contributed by atoms with Crippen LogP contribution in [0.5, 0.6) is 0 Å². The molecule has 0 spiro atoms. The first-order chi connectivity index (χ1) is 12.3. The lowest BCUT2D eigenvalue weighted by Gasteiger charge is -2.23. The number of rotatable bonds is 4. The van der Waals surface area contributed by atoms with Crippen LogP contribution in [0.3, 0.4) is 0 Å². The minimum atomic E-state index is -1.06. The Kier molecular flexibility index (Phi) is 5.98. The number of benzene rings is 2. The summed E-state index contributed by atoms with van der Waals surface area (Å²) in [6.45, 7) is 0. The van der Waals surface area contributed by atoms with Crippen LogP contribution < -0.4 is 0 Å². The second kappa shape index (κ2) is 8.05. The van der Waals surface area contributed by atoms with Crippen molar-refractivity contribution >= 4 is 58.3 Å². The van der Waals surface area contributed by atoms with Gasteiger partial charge in [0, 0.05) is 26.4 Å². The Labute approximate surface area is 169 Å². The van der Waals surface area contributed by atoms with E-state index in [9.17, 15) is 14.7 Å². The highest BCUT2D eigenvalue weighted by atomic mass is 35.5. The number of ketones is 1. The average Bonchev–Trinajstić information content (AvgIpc) is 2.55. The second-order valence-corrected chi connectivity index (χ2v) is 8.34. The molecule has 0 fully saturated rings. The van der Waals surface area contributed by atoms with E-state index in [1.807, 2.05) is 6.07 Å². The zero-order valence-corrected chi connectivity index (χ0v) is 16.4. The Balaban J connectivity index is 1.87. The third-order valence-electron chi connectivity index (χ3n) is 4.03. The number of hydrogen-bond acceptors (Lipinski definition) is 3. The molecule has 134 valence electrons. The second-order valence-electron chi connectivity index (χ2n) is 5.90. The van der Waals surface area contributed by atoms with Crippen molar-refractivity contribution in [2.45, 2.75) is 23.7 Å². The fourth-order valence-corrected chi connectivity index (χ4v) is 4.76. The summed E-state index contributed by atoms with van der Waals surface area (Å²) in [4.78, 5) is 25.0. The minimum Gasteiger partial charge on any atom is -0.478 e. The summed E-state index contributed by atoms with van der Waals surface area (Å²) in [5.74, 6) is -1.14. The largest absolute Gasteiger partial charge is 0.478 e. The summed E-state index contributed by atoms with van der Waals surface area (Å²) in [6.07, 6.45) is 2.53. The van der Waals surface area contributed by atoms with E-state index >= 15 is 0 Å². The number of thioether (sulfide) groups is 1. The molecule has 0 heterocycles. The molecular weight excluding hydrogens is 415 g/mol. The Morgan fingerprint density at radius 1 is 1.04 bits per heavy atom. The SMILES string of the molecule is O=C1C=C(Sc2ccc(Cl)cc2C(=O)O)CC(c2ccc(Cl)cc2Cl)C1. The summed E-state index contributed by atoms with van der Waals surface area (Å²) in [5.41, 5.74) is 0.979. The van der Waals surface area contributed by atoms with E-state index in [1.54, 1.807) is 30.3 Å². The maximum Gasteiger partial charge on any atom is 0.336 e. The van der Waals surface area contributed by atoms with Crippen molar-refractivity contribution in [3.05, 3.63) is 73.6 Å². The number of carbonyl (C=O) groups excluding carboxylic acids is 1. The minimum absolute atomic E-state index is 0.0133. The predicted octanol–water partition coefficient (Wildman–Crippen LogP) is 6.47. The van der Waals surface area contributed by atoms with Gasteiger partial charge in [0.25, 0.3) is 0 Å². The van der Waals surface area contributed by atoms with Gasteiger partial charge < -0.3 is 5.11 Å². The van der Waals surface area contributed by atoms with Crippen molar-refractivity contribution in [2.24, 2.45) is 0 Å². The number of carbonyl (C=O) groups is 2. The molecule has 0 aliphatic heterocycles. The van der Waals surface area contributed by atoms with Crippen LogP contribution in [-0.4, -0.2) is 16.9 Å². The van der Waals surface area contributed by atoms with Crippen molar-refractivity contribution < 1.29 is 14.7 Å². The molecule has 0 saturated carbocycles. The molecule has 2 aromatic rings. The van der Waals surface area contributed by atoms with Gasteiger partial charge in [-0.2, -0.15) is 0 Å². The molecule has 7 heteroatoms. The van der Waals surface area contributed by atoms with E-state index in [2.05, 4.69) is 0 Å². The van der Waals surface area contributed by atoms with E-state index in [-0.39, 0.29) is 17.3 Å². The zero-order chi connectivity index (χ0) is 18.8. The molecular formula is C19H13Cl3O3S. The number of carboxylic acid groups (broad SMARTS) is 1. The van der Waals surface area contributed by atoms with Crippen LogP contribution in [0.2, 0.25) is 15.1 Å². The Hall–Kier alpha value is -1.46. The van der Waals surface area contributed by atoms with E-state index in [0.29, 0.717) is 32.8 Å². The lowest BCUT2D eigenvalue weighted by molar-refractivity contribution is -0.115. The number of allylic oxidation sites excluding steroid dienone is 2. The van der Waals surface area contributed by atoms with Crippen molar-refractivity contribution in [3.8, 4) is 0 Å². The maximum absolute atomic E-state index is 12.2. The fraction of sp³-hybridized carbons (Fsp3) is 0.158. The van der Waals surface area contributed by atoms with Crippen LogP contribution in [-0.2, 0) is 4.79 Å². The topological polar surface area (TPSA) is 54.4 Å². The normalized spacial score (nSPS) is 17.1. The van der Waals surface area contributed by atoms with Gasteiger partial charge >= 0.3 is 5.97 Å². The third kappa shape index (κ3) is 4.44. The quantitative estimate of drug-likeness (QED) is 0.607. The van der Waals surface area contributed by atoms with Gasteiger partial charge in [0.2, 0.25) is 0 Å². The van der Waals surface area contributed by atoms with Crippen molar-refractivity contribution in [2.75, 3.05) is 0 Å². The van der Waals surface area contributed by atoms with Crippen LogP contribution in [0.15, 0.2) is 52.3 Å². The number of aromatic carboxylic acids is 1. The van der Waals surface area contributed by atoms with E-state index in [0.717, 1.165) is 10.5 Å².